The van der Waals surface area contributed by atoms with Crippen LogP contribution in [0.15, 0.2) is 59.5 Å². The molecule has 0 bridgehead atoms. The molecule has 2 aromatic rings. The Morgan fingerprint density at radius 3 is 2.31 bits per heavy atom. The molecule has 0 aliphatic carbocycles. The molecule has 1 N–H and O–H groups in total. The molecule has 0 radical (unpaired) electrons. The highest BCUT2D eigenvalue weighted by Crippen LogP contribution is 2.31. The van der Waals surface area contributed by atoms with Crippen LogP contribution in [-0.4, -0.2) is 37.8 Å². The monoisotopic (exact) mass is 426 g/mol. The molecule has 0 spiro atoms. The van der Waals surface area contributed by atoms with Gasteiger partial charge >= 0.3 is 6.18 Å². The van der Waals surface area contributed by atoms with Crippen LogP contribution in [-0.2, 0) is 27.4 Å². The molecule has 0 aromatic heterocycles. The summed E-state index contributed by atoms with van der Waals surface area (Å²) in [5.41, 5.74) is -0.115. The predicted molar refractivity (Wildman–Crippen MR) is 102 cm³/mol. The van der Waals surface area contributed by atoms with Crippen molar-refractivity contribution in [1.29, 1.82) is 0 Å². The largest absolute Gasteiger partial charge is 0.416 e. The molecule has 1 aliphatic rings. The molecule has 1 amide bonds. The van der Waals surface area contributed by atoms with Gasteiger partial charge in [0.2, 0.25) is 15.9 Å². The second-order valence-electron chi connectivity index (χ2n) is 6.93. The van der Waals surface area contributed by atoms with Crippen molar-refractivity contribution in [3.63, 3.8) is 0 Å². The Kier molecular flexibility index (Phi) is 6.28. The van der Waals surface area contributed by atoms with Gasteiger partial charge in [-0.25, -0.2) is 8.42 Å². The second kappa shape index (κ2) is 8.54. The average molecular weight is 426 g/mol. The zero-order valence-corrected chi connectivity index (χ0v) is 16.3. The summed E-state index contributed by atoms with van der Waals surface area (Å²) in [6, 6.07) is 12.8. The van der Waals surface area contributed by atoms with Crippen LogP contribution in [0.2, 0.25) is 0 Å². The lowest BCUT2D eigenvalue weighted by Gasteiger charge is -2.31. The van der Waals surface area contributed by atoms with Gasteiger partial charge in [0, 0.05) is 19.1 Å². The van der Waals surface area contributed by atoms with E-state index >= 15 is 0 Å². The lowest BCUT2D eigenvalue weighted by molar-refractivity contribution is -0.137. The Morgan fingerprint density at radius 2 is 1.69 bits per heavy atom. The van der Waals surface area contributed by atoms with Crippen LogP contribution in [0, 0.1) is 0 Å². The predicted octanol–water partition coefficient (Wildman–Crippen LogP) is 3.22. The maximum Gasteiger partial charge on any atom is 0.416 e. The third-order valence-corrected chi connectivity index (χ3v) is 6.72. The van der Waals surface area contributed by atoms with Crippen molar-refractivity contribution >= 4 is 15.9 Å². The van der Waals surface area contributed by atoms with Gasteiger partial charge in [-0.05, 0) is 36.6 Å². The van der Waals surface area contributed by atoms with E-state index in [4.69, 9.17) is 0 Å². The first-order valence-corrected chi connectivity index (χ1v) is 10.6. The molecule has 0 saturated carbocycles. The van der Waals surface area contributed by atoms with Crippen LogP contribution in [0.5, 0.6) is 0 Å². The van der Waals surface area contributed by atoms with E-state index in [1.807, 2.05) is 30.3 Å². The summed E-state index contributed by atoms with van der Waals surface area (Å²) in [5, 5.41) is 2.90. The standard InChI is InChI=1S/C20H21F3N2O3S/c21-20(22,23)16-7-4-8-18(14-16)29(27,28)25-11-9-17(10-12-25)24-19(26)13-15-5-2-1-3-6-15/h1-8,14,17H,9-13H2,(H,24,26). The SMILES string of the molecule is O=C(Cc1ccccc1)NC1CCN(S(=O)(=O)c2cccc(C(F)(F)F)c2)CC1. The number of carbonyl (C=O) groups is 1. The Balaban J connectivity index is 1.59. The van der Waals surface area contributed by atoms with E-state index in [1.165, 1.54) is 4.31 Å². The van der Waals surface area contributed by atoms with Crippen molar-refractivity contribution in [1.82, 2.24) is 9.62 Å². The van der Waals surface area contributed by atoms with E-state index in [1.54, 1.807) is 0 Å². The molecule has 9 heteroatoms. The molecule has 1 aliphatic heterocycles. The van der Waals surface area contributed by atoms with Gasteiger partial charge in [0.1, 0.15) is 0 Å². The summed E-state index contributed by atoms with van der Waals surface area (Å²) >= 11 is 0. The molecule has 2 aromatic carbocycles. The fraction of sp³-hybridized carbons (Fsp3) is 0.350. The number of piperidine rings is 1. The quantitative estimate of drug-likeness (QED) is 0.799. The maximum absolute atomic E-state index is 12.9. The number of sulfonamides is 1. The van der Waals surface area contributed by atoms with Crippen molar-refractivity contribution in [2.75, 3.05) is 13.1 Å². The Bertz CT molecular complexity index is 954. The van der Waals surface area contributed by atoms with Crippen LogP contribution < -0.4 is 5.32 Å². The van der Waals surface area contributed by atoms with Crippen molar-refractivity contribution in [2.45, 2.75) is 36.4 Å². The Labute approximate surface area is 167 Å². The highest BCUT2D eigenvalue weighted by atomic mass is 32.2. The highest BCUT2D eigenvalue weighted by Gasteiger charge is 2.34. The Hall–Kier alpha value is -2.39. The number of nitrogens with one attached hydrogen (secondary N) is 1. The summed E-state index contributed by atoms with van der Waals surface area (Å²) in [4.78, 5) is 11.8. The summed E-state index contributed by atoms with van der Waals surface area (Å²) in [6.45, 7) is 0.268. The van der Waals surface area contributed by atoms with Gasteiger partial charge in [0.05, 0.1) is 16.9 Å². The highest BCUT2D eigenvalue weighted by molar-refractivity contribution is 7.89. The van der Waals surface area contributed by atoms with E-state index < -0.39 is 21.8 Å². The minimum atomic E-state index is -4.61. The number of rotatable bonds is 5. The van der Waals surface area contributed by atoms with Gasteiger partial charge in [-0.1, -0.05) is 36.4 Å². The number of benzene rings is 2. The van der Waals surface area contributed by atoms with Gasteiger partial charge in [-0.3, -0.25) is 4.79 Å². The molecule has 0 atom stereocenters. The number of halogens is 3. The smallest absolute Gasteiger partial charge is 0.353 e. The molecule has 29 heavy (non-hydrogen) atoms. The average Bonchev–Trinajstić information content (AvgIpc) is 2.68. The molecular formula is C20H21F3N2O3S. The maximum atomic E-state index is 12.9. The van der Waals surface area contributed by atoms with Crippen molar-refractivity contribution in [3.8, 4) is 0 Å². The van der Waals surface area contributed by atoms with Crippen molar-refractivity contribution < 1.29 is 26.4 Å². The third-order valence-electron chi connectivity index (χ3n) is 4.83. The Morgan fingerprint density at radius 1 is 1.03 bits per heavy atom. The summed E-state index contributed by atoms with van der Waals surface area (Å²) in [6.07, 6.45) is -3.57. The number of hydrogen-bond acceptors (Lipinski definition) is 3. The lowest BCUT2D eigenvalue weighted by Crippen LogP contribution is -2.46. The number of amides is 1. The van der Waals surface area contributed by atoms with Gasteiger partial charge in [-0.2, -0.15) is 17.5 Å². The zero-order valence-electron chi connectivity index (χ0n) is 15.5. The minimum Gasteiger partial charge on any atom is -0.353 e. The van der Waals surface area contributed by atoms with Gasteiger partial charge in [0.15, 0.2) is 0 Å². The van der Waals surface area contributed by atoms with Crippen LogP contribution in [0.25, 0.3) is 0 Å². The summed E-state index contributed by atoms with van der Waals surface area (Å²) in [5.74, 6) is -0.143. The van der Waals surface area contributed by atoms with Crippen molar-refractivity contribution in [2.24, 2.45) is 0 Å². The normalized spacial score (nSPS) is 16.5. The minimum absolute atomic E-state index is 0.134. The molecule has 156 valence electrons. The molecule has 0 unspecified atom stereocenters. The van der Waals surface area contributed by atoms with Gasteiger partial charge < -0.3 is 5.32 Å². The number of nitrogens with zero attached hydrogens (tertiary/aromatic N) is 1. The van der Waals surface area contributed by atoms with Crippen LogP contribution >= 0.6 is 0 Å². The fourth-order valence-corrected chi connectivity index (χ4v) is 4.80. The summed E-state index contributed by atoms with van der Waals surface area (Å²) < 4.78 is 65.2. The van der Waals surface area contributed by atoms with E-state index in [0.29, 0.717) is 18.9 Å². The van der Waals surface area contributed by atoms with Crippen molar-refractivity contribution in [3.05, 3.63) is 65.7 Å². The third kappa shape index (κ3) is 5.36. The van der Waals surface area contributed by atoms with Crippen LogP contribution in [0.3, 0.4) is 0 Å². The number of carbonyl (C=O) groups excluding carboxylic acids is 1. The number of hydrogen-bond donors (Lipinski definition) is 1. The van der Waals surface area contributed by atoms with E-state index in [2.05, 4.69) is 5.32 Å². The first-order chi connectivity index (χ1) is 13.7. The van der Waals surface area contributed by atoms with Crippen LogP contribution in [0.4, 0.5) is 13.2 Å². The fourth-order valence-electron chi connectivity index (χ4n) is 3.28. The van der Waals surface area contributed by atoms with Gasteiger partial charge in [-0.15, -0.1) is 0 Å². The molecule has 1 heterocycles. The topological polar surface area (TPSA) is 66.5 Å². The second-order valence-corrected chi connectivity index (χ2v) is 8.87. The first kappa shape index (κ1) is 21.3. The zero-order chi connectivity index (χ0) is 21.1. The molecule has 3 rings (SSSR count). The van der Waals surface area contributed by atoms with E-state index in [9.17, 15) is 26.4 Å². The molecular weight excluding hydrogens is 405 g/mol. The van der Waals surface area contributed by atoms with Crippen LogP contribution in [0.1, 0.15) is 24.0 Å². The number of alkyl halides is 3. The summed E-state index contributed by atoms with van der Waals surface area (Å²) in [7, 11) is -4.02. The van der Waals surface area contributed by atoms with E-state index in [-0.39, 0.29) is 36.4 Å². The van der Waals surface area contributed by atoms with E-state index in [0.717, 1.165) is 23.8 Å². The van der Waals surface area contributed by atoms with Gasteiger partial charge in [0.25, 0.3) is 0 Å². The lowest BCUT2D eigenvalue weighted by atomic mass is 10.1. The first-order valence-electron chi connectivity index (χ1n) is 9.17. The molecule has 5 nitrogen and oxygen atoms in total. The molecule has 1 fully saturated rings. The molecule has 1 saturated heterocycles.